The van der Waals surface area contributed by atoms with Gasteiger partial charge in [-0.2, -0.15) is 0 Å². The van der Waals surface area contributed by atoms with Crippen LogP contribution in [0.15, 0.2) is 48.7 Å². The number of benzene rings is 2. The Bertz CT molecular complexity index is 1410. The van der Waals surface area contributed by atoms with Crippen LogP contribution in [0, 0.1) is 0 Å². The van der Waals surface area contributed by atoms with E-state index in [4.69, 9.17) is 4.98 Å². The fourth-order valence-electron chi connectivity index (χ4n) is 4.29. The summed E-state index contributed by atoms with van der Waals surface area (Å²) in [5.74, 6) is -0.394. The van der Waals surface area contributed by atoms with Crippen molar-refractivity contribution in [2.24, 2.45) is 0 Å². The summed E-state index contributed by atoms with van der Waals surface area (Å²) in [6.45, 7) is 0.729. The van der Waals surface area contributed by atoms with Gasteiger partial charge in [0.05, 0.1) is 15.9 Å². The van der Waals surface area contributed by atoms with E-state index in [1.54, 1.807) is 37.2 Å². The van der Waals surface area contributed by atoms with Gasteiger partial charge >= 0.3 is 0 Å². The van der Waals surface area contributed by atoms with Crippen LogP contribution in [0.4, 0.5) is 0 Å². The molecule has 2 aromatic carbocycles. The molecule has 3 amide bonds. The number of aromatic nitrogens is 2. The number of nitrogens with one attached hydrogen (secondary N) is 2. The van der Waals surface area contributed by atoms with Gasteiger partial charge in [0.15, 0.2) is 4.96 Å². The Morgan fingerprint density at radius 2 is 1.82 bits per heavy atom. The van der Waals surface area contributed by atoms with E-state index in [0.29, 0.717) is 17.5 Å². The highest BCUT2D eigenvalue weighted by atomic mass is 32.1. The van der Waals surface area contributed by atoms with E-state index in [1.807, 2.05) is 34.9 Å². The monoisotopic (exact) mass is 475 g/mol. The van der Waals surface area contributed by atoms with Gasteiger partial charge in [-0.15, -0.1) is 0 Å². The van der Waals surface area contributed by atoms with Gasteiger partial charge in [0, 0.05) is 43.5 Å². The van der Waals surface area contributed by atoms with Gasteiger partial charge in [0.25, 0.3) is 11.8 Å². The minimum atomic E-state index is -0.478. The minimum absolute atomic E-state index is 0.0302. The first-order chi connectivity index (χ1) is 16.4. The number of hydrogen-bond donors (Lipinski definition) is 2. The summed E-state index contributed by atoms with van der Waals surface area (Å²) < 4.78 is 2.95. The van der Waals surface area contributed by atoms with Gasteiger partial charge in [-0.3, -0.25) is 18.8 Å². The molecule has 9 heteroatoms. The van der Waals surface area contributed by atoms with Crippen molar-refractivity contribution in [2.45, 2.75) is 25.3 Å². The SMILES string of the molecule is CNC(=O)c1ccc(-c2cn3c(n2)sc2cc(C(=O)NC4CCCCN(C)C4=O)ccc23)cc1. The summed E-state index contributed by atoms with van der Waals surface area (Å²) in [5.41, 5.74) is 3.82. The van der Waals surface area contributed by atoms with E-state index >= 15 is 0 Å². The van der Waals surface area contributed by atoms with E-state index in [1.165, 1.54) is 11.3 Å². The van der Waals surface area contributed by atoms with E-state index in [9.17, 15) is 14.4 Å². The average molecular weight is 476 g/mol. The first-order valence-corrected chi connectivity index (χ1v) is 12.1. The molecular weight excluding hydrogens is 450 g/mol. The van der Waals surface area contributed by atoms with Gasteiger partial charge in [0.2, 0.25) is 5.91 Å². The number of rotatable bonds is 4. The molecule has 4 aromatic rings. The summed E-state index contributed by atoms with van der Waals surface area (Å²) in [6.07, 6.45) is 4.49. The van der Waals surface area contributed by atoms with Gasteiger partial charge in [-0.1, -0.05) is 23.5 Å². The van der Waals surface area contributed by atoms with Crippen molar-refractivity contribution in [1.29, 1.82) is 0 Å². The number of carbonyl (C=O) groups is 3. The molecule has 1 aliphatic heterocycles. The molecule has 1 saturated heterocycles. The maximum absolute atomic E-state index is 12.9. The molecule has 0 radical (unpaired) electrons. The number of nitrogens with zero attached hydrogens (tertiary/aromatic N) is 3. The smallest absolute Gasteiger partial charge is 0.251 e. The van der Waals surface area contributed by atoms with Gasteiger partial charge in [-0.25, -0.2) is 4.98 Å². The summed E-state index contributed by atoms with van der Waals surface area (Å²) in [7, 11) is 3.39. The summed E-state index contributed by atoms with van der Waals surface area (Å²) in [4.78, 5) is 44.4. The predicted molar refractivity (Wildman–Crippen MR) is 132 cm³/mol. The Morgan fingerprint density at radius 1 is 1.06 bits per heavy atom. The van der Waals surface area contributed by atoms with Crippen molar-refractivity contribution < 1.29 is 14.4 Å². The molecule has 1 aliphatic rings. The third-order valence-electron chi connectivity index (χ3n) is 6.24. The van der Waals surface area contributed by atoms with Gasteiger partial charge in [0.1, 0.15) is 6.04 Å². The molecule has 2 aromatic heterocycles. The van der Waals surface area contributed by atoms with E-state index in [2.05, 4.69) is 10.6 Å². The standard InChI is InChI=1S/C25H25N5O3S/c1-26-22(31)16-8-6-15(7-9-16)19-14-30-20-11-10-17(13-21(20)34-25(30)28-19)23(32)27-18-5-3-4-12-29(2)24(18)33/h6-11,13-14,18H,3-5,12H2,1-2H3,(H,26,31)(H,27,32). The van der Waals surface area contributed by atoms with Crippen LogP contribution in [-0.4, -0.2) is 58.7 Å². The first kappa shape index (κ1) is 22.1. The number of imidazole rings is 1. The molecule has 1 unspecified atom stereocenters. The van der Waals surface area contributed by atoms with Crippen LogP contribution in [0.1, 0.15) is 40.0 Å². The number of amides is 3. The fourth-order valence-corrected chi connectivity index (χ4v) is 5.34. The first-order valence-electron chi connectivity index (χ1n) is 11.2. The lowest BCUT2D eigenvalue weighted by atomic mass is 10.1. The van der Waals surface area contributed by atoms with Crippen molar-refractivity contribution in [3.05, 3.63) is 59.8 Å². The molecule has 0 bridgehead atoms. The maximum atomic E-state index is 12.9. The highest BCUT2D eigenvalue weighted by Crippen LogP contribution is 2.30. The van der Waals surface area contributed by atoms with Crippen molar-refractivity contribution in [3.63, 3.8) is 0 Å². The number of hydrogen-bond acceptors (Lipinski definition) is 5. The average Bonchev–Trinajstić information content (AvgIpc) is 3.37. The van der Waals surface area contributed by atoms with Crippen LogP contribution in [0.5, 0.6) is 0 Å². The summed E-state index contributed by atoms with van der Waals surface area (Å²) >= 11 is 1.50. The van der Waals surface area contributed by atoms with Crippen LogP contribution >= 0.6 is 11.3 Å². The Labute approximate surface area is 200 Å². The Morgan fingerprint density at radius 3 is 2.59 bits per heavy atom. The van der Waals surface area contributed by atoms with Crippen LogP contribution < -0.4 is 10.6 Å². The molecule has 1 fully saturated rings. The topological polar surface area (TPSA) is 95.8 Å². The van der Waals surface area contributed by atoms with Crippen LogP contribution in [0.25, 0.3) is 26.4 Å². The van der Waals surface area contributed by atoms with Gasteiger partial charge < -0.3 is 15.5 Å². The van der Waals surface area contributed by atoms with E-state index in [0.717, 1.165) is 45.8 Å². The third kappa shape index (κ3) is 4.03. The zero-order valence-electron chi connectivity index (χ0n) is 19.0. The Hall–Kier alpha value is -3.72. The number of fused-ring (bicyclic) bond motifs is 3. The van der Waals surface area contributed by atoms with E-state index in [-0.39, 0.29) is 17.7 Å². The lowest BCUT2D eigenvalue weighted by Gasteiger charge is -2.20. The van der Waals surface area contributed by atoms with Crippen LogP contribution in [-0.2, 0) is 4.79 Å². The molecule has 8 nitrogen and oxygen atoms in total. The largest absolute Gasteiger partial charge is 0.355 e. The zero-order valence-corrected chi connectivity index (χ0v) is 19.8. The molecule has 174 valence electrons. The molecule has 5 rings (SSSR count). The normalized spacial score (nSPS) is 16.6. The molecule has 0 aliphatic carbocycles. The van der Waals surface area contributed by atoms with E-state index < -0.39 is 6.04 Å². The molecular formula is C25H25N5O3S. The molecule has 1 atom stereocenters. The van der Waals surface area contributed by atoms with Crippen molar-refractivity contribution in [2.75, 3.05) is 20.6 Å². The fraction of sp³-hybridized carbons (Fsp3) is 0.280. The minimum Gasteiger partial charge on any atom is -0.355 e. The third-order valence-corrected chi connectivity index (χ3v) is 7.26. The number of likely N-dealkylation sites (N-methyl/N-ethyl adjacent to an activating group) is 1. The van der Waals surface area contributed by atoms with Crippen LogP contribution in [0.3, 0.4) is 0 Å². The summed E-state index contributed by atoms with van der Waals surface area (Å²) in [6, 6.07) is 12.4. The second-order valence-electron chi connectivity index (χ2n) is 8.50. The molecule has 3 heterocycles. The second-order valence-corrected chi connectivity index (χ2v) is 9.51. The molecule has 2 N–H and O–H groups in total. The zero-order chi connectivity index (χ0) is 23.8. The second kappa shape index (κ2) is 8.90. The molecule has 0 saturated carbocycles. The highest BCUT2D eigenvalue weighted by molar-refractivity contribution is 7.23. The van der Waals surface area contributed by atoms with Crippen molar-refractivity contribution in [3.8, 4) is 11.3 Å². The lowest BCUT2D eigenvalue weighted by Crippen LogP contribution is -2.46. The molecule has 34 heavy (non-hydrogen) atoms. The summed E-state index contributed by atoms with van der Waals surface area (Å²) in [5, 5.41) is 5.53. The number of carbonyl (C=O) groups excluding carboxylic acids is 3. The Balaban J connectivity index is 1.38. The van der Waals surface area contributed by atoms with Crippen LogP contribution in [0.2, 0.25) is 0 Å². The lowest BCUT2D eigenvalue weighted by molar-refractivity contribution is -0.131. The highest BCUT2D eigenvalue weighted by Gasteiger charge is 2.26. The maximum Gasteiger partial charge on any atom is 0.251 e. The predicted octanol–water partition coefficient (Wildman–Crippen LogP) is 3.32. The van der Waals surface area contributed by atoms with Crippen molar-refractivity contribution >= 4 is 44.2 Å². The van der Waals surface area contributed by atoms with Gasteiger partial charge in [-0.05, 0) is 49.6 Å². The number of thiazole rings is 1. The Kier molecular flexibility index (Phi) is 5.79. The van der Waals surface area contributed by atoms with Crippen molar-refractivity contribution in [1.82, 2.24) is 24.9 Å². The quantitative estimate of drug-likeness (QED) is 0.473. The number of likely N-dealkylation sites (tertiary alicyclic amines) is 1. The molecule has 0 spiro atoms.